The zero-order chi connectivity index (χ0) is 18.2. The second kappa shape index (κ2) is 9.33. The van der Waals surface area contributed by atoms with Gasteiger partial charge >= 0.3 is 5.97 Å². The molecule has 1 saturated heterocycles. The van der Waals surface area contributed by atoms with Crippen molar-refractivity contribution in [1.82, 2.24) is 9.80 Å². The van der Waals surface area contributed by atoms with Crippen LogP contribution in [0.5, 0.6) is 5.75 Å². The summed E-state index contributed by atoms with van der Waals surface area (Å²) in [5, 5.41) is 0.478. The van der Waals surface area contributed by atoms with E-state index >= 15 is 0 Å². The van der Waals surface area contributed by atoms with E-state index in [-0.39, 0.29) is 12.5 Å². The molecular formula is C17H23N3O4S. The molecule has 0 radical (unpaired) electrons. The average molecular weight is 365 g/mol. The SMILES string of the molecule is COC(=O)CN(C)/C(=N\C(=S)N1CCOCC1)c1ccc(OC)cc1. The van der Waals surface area contributed by atoms with Gasteiger partial charge in [0, 0.05) is 25.7 Å². The summed E-state index contributed by atoms with van der Waals surface area (Å²) in [5.74, 6) is 1.00. The number of rotatable bonds is 4. The highest BCUT2D eigenvalue weighted by Crippen LogP contribution is 2.14. The number of nitrogens with zero attached hydrogens (tertiary/aromatic N) is 3. The van der Waals surface area contributed by atoms with Gasteiger partial charge in [-0.05, 0) is 36.5 Å². The first-order valence-electron chi connectivity index (χ1n) is 7.93. The Labute approximate surface area is 153 Å². The summed E-state index contributed by atoms with van der Waals surface area (Å²) in [6, 6.07) is 7.45. The fourth-order valence-corrected chi connectivity index (χ4v) is 2.63. The molecule has 2 rings (SSSR count). The molecule has 25 heavy (non-hydrogen) atoms. The van der Waals surface area contributed by atoms with Crippen LogP contribution in [0.1, 0.15) is 5.56 Å². The van der Waals surface area contributed by atoms with E-state index in [1.165, 1.54) is 7.11 Å². The molecule has 0 amide bonds. The molecule has 0 aromatic heterocycles. The number of aliphatic imine (C=N–C) groups is 1. The van der Waals surface area contributed by atoms with E-state index in [0.29, 0.717) is 37.3 Å². The van der Waals surface area contributed by atoms with Gasteiger partial charge in [-0.15, -0.1) is 0 Å². The van der Waals surface area contributed by atoms with E-state index < -0.39 is 0 Å². The quantitative estimate of drug-likeness (QED) is 0.343. The molecule has 1 fully saturated rings. The summed E-state index contributed by atoms with van der Waals surface area (Å²) in [5.41, 5.74) is 0.836. The Morgan fingerprint density at radius 2 is 1.92 bits per heavy atom. The van der Waals surface area contributed by atoms with Crippen molar-refractivity contribution >= 4 is 29.1 Å². The van der Waals surface area contributed by atoms with Crippen LogP contribution in [0, 0.1) is 0 Å². The Kier molecular flexibility index (Phi) is 7.15. The first-order chi connectivity index (χ1) is 12.0. The van der Waals surface area contributed by atoms with Crippen molar-refractivity contribution < 1.29 is 19.0 Å². The Hall–Kier alpha value is -2.19. The van der Waals surface area contributed by atoms with Crippen molar-refractivity contribution in [2.24, 2.45) is 4.99 Å². The van der Waals surface area contributed by atoms with Crippen molar-refractivity contribution in [3.05, 3.63) is 29.8 Å². The summed E-state index contributed by atoms with van der Waals surface area (Å²) >= 11 is 5.48. The predicted molar refractivity (Wildman–Crippen MR) is 99.2 cm³/mol. The molecule has 0 aliphatic carbocycles. The number of likely N-dealkylation sites (N-methyl/N-ethyl adjacent to an activating group) is 1. The monoisotopic (exact) mass is 365 g/mol. The molecule has 1 aromatic carbocycles. The Balaban J connectivity index is 2.27. The fourth-order valence-electron chi connectivity index (χ4n) is 2.36. The second-order valence-electron chi connectivity index (χ2n) is 5.48. The lowest BCUT2D eigenvalue weighted by molar-refractivity contribution is -0.140. The van der Waals surface area contributed by atoms with Crippen LogP contribution in [0.2, 0.25) is 0 Å². The van der Waals surface area contributed by atoms with Gasteiger partial charge in [0.25, 0.3) is 0 Å². The first-order valence-corrected chi connectivity index (χ1v) is 8.33. The third kappa shape index (κ3) is 5.40. The number of amidine groups is 1. The van der Waals surface area contributed by atoms with Gasteiger partial charge in [-0.3, -0.25) is 4.79 Å². The first kappa shape index (κ1) is 19.1. The molecule has 0 unspecified atom stereocenters. The molecule has 1 heterocycles. The maximum atomic E-state index is 11.6. The number of carbonyl (C=O) groups is 1. The molecule has 1 aliphatic rings. The third-order valence-corrected chi connectivity index (χ3v) is 4.14. The van der Waals surface area contributed by atoms with E-state index in [1.54, 1.807) is 19.1 Å². The van der Waals surface area contributed by atoms with Crippen molar-refractivity contribution in [2.75, 3.05) is 54.1 Å². The summed E-state index contributed by atoms with van der Waals surface area (Å²) in [7, 11) is 4.75. The molecule has 1 aliphatic heterocycles. The largest absolute Gasteiger partial charge is 0.497 e. The van der Waals surface area contributed by atoms with Gasteiger partial charge in [0.1, 0.15) is 18.1 Å². The Bertz CT molecular complexity index is 627. The van der Waals surface area contributed by atoms with Crippen LogP contribution >= 0.6 is 12.2 Å². The average Bonchev–Trinajstić information content (AvgIpc) is 2.66. The van der Waals surface area contributed by atoms with Crippen LogP contribution in [0.15, 0.2) is 29.3 Å². The molecule has 0 atom stereocenters. The van der Waals surface area contributed by atoms with Gasteiger partial charge in [-0.1, -0.05) is 0 Å². The van der Waals surface area contributed by atoms with Crippen molar-refractivity contribution in [1.29, 1.82) is 0 Å². The molecule has 0 N–H and O–H groups in total. The number of benzene rings is 1. The zero-order valence-electron chi connectivity index (χ0n) is 14.7. The van der Waals surface area contributed by atoms with Crippen LogP contribution in [0.3, 0.4) is 0 Å². The summed E-state index contributed by atoms with van der Waals surface area (Å²) in [6.45, 7) is 2.75. The van der Waals surface area contributed by atoms with Gasteiger partial charge in [0.15, 0.2) is 5.11 Å². The molecule has 136 valence electrons. The lowest BCUT2D eigenvalue weighted by Crippen LogP contribution is -2.41. The number of thiocarbonyl (C=S) groups is 1. The highest BCUT2D eigenvalue weighted by Gasteiger charge is 2.18. The summed E-state index contributed by atoms with van der Waals surface area (Å²) in [6.07, 6.45) is 0. The third-order valence-electron chi connectivity index (χ3n) is 3.79. The molecule has 1 aromatic rings. The number of morpholine rings is 1. The van der Waals surface area contributed by atoms with E-state index in [9.17, 15) is 4.79 Å². The van der Waals surface area contributed by atoms with Crippen molar-refractivity contribution in [3.63, 3.8) is 0 Å². The van der Waals surface area contributed by atoms with Crippen LogP contribution < -0.4 is 4.74 Å². The molecule has 0 bridgehead atoms. The lowest BCUT2D eigenvalue weighted by Gasteiger charge is -2.28. The van der Waals surface area contributed by atoms with Crippen LogP contribution in [0.25, 0.3) is 0 Å². The van der Waals surface area contributed by atoms with Crippen LogP contribution in [-0.4, -0.2) is 80.8 Å². The normalized spacial score (nSPS) is 14.8. The Morgan fingerprint density at radius 3 is 2.48 bits per heavy atom. The summed E-state index contributed by atoms with van der Waals surface area (Å²) < 4.78 is 15.3. The minimum atomic E-state index is -0.346. The maximum absolute atomic E-state index is 11.6. The van der Waals surface area contributed by atoms with E-state index in [0.717, 1.165) is 11.3 Å². The molecular weight excluding hydrogens is 342 g/mol. The number of carbonyl (C=O) groups excluding carboxylic acids is 1. The maximum Gasteiger partial charge on any atom is 0.325 e. The number of methoxy groups -OCH3 is 2. The topological polar surface area (TPSA) is 63.6 Å². The minimum absolute atomic E-state index is 0.0765. The molecule has 0 saturated carbocycles. The zero-order valence-corrected chi connectivity index (χ0v) is 15.5. The van der Waals surface area contributed by atoms with Crippen molar-refractivity contribution in [3.8, 4) is 5.75 Å². The number of esters is 1. The molecule has 7 nitrogen and oxygen atoms in total. The second-order valence-corrected chi connectivity index (χ2v) is 5.84. The lowest BCUT2D eigenvalue weighted by atomic mass is 10.2. The van der Waals surface area contributed by atoms with Gasteiger partial charge in [0.05, 0.1) is 27.4 Å². The number of hydrogen-bond acceptors (Lipinski definition) is 5. The van der Waals surface area contributed by atoms with E-state index in [4.69, 9.17) is 26.4 Å². The molecule has 0 spiro atoms. The van der Waals surface area contributed by atoms with Crippen LogP contribution in [0.4, 0.5) is 0 Å². The van der Waals surface area contributed by atoms with Gasteiger partial charge < -0.3 is 24.0 Å². The smallest absolute Gasteiger partial charge is 0.325 e. The highest BCUT2D eigenvalue weighted by atomic mass is 32.1. The van der Waals surface area contributed by atoms with Gasteiger partial charge in [-0.2, -0.15) is 0 Å². The van der Waals surface area contributed by atoms with Gasteiger partial charge in [0.2, 0.25) is 0 Å². The number of hydrogen-bond donors (Lipinski definition) is 0. The van der Waals surface area contributed by atoms with Gasteiger partial charge in [-0.25, -0.2) is 4.99 Å². The predicted octanol–water partition coefficient (Wildman–Crippen LogP) is 1.16. The van der Waals surface area contributed by atoms with Crippen LogP contribution in [-0.2, 0) is 14.3 Å². The molecule has 8 heteroatoms. The highest BCUT2D eigenvalue weighted by molar-refractivity contribution is 7.80. The summed E-state index contributed by atoms with van der Waals surface area (Å²) in [4.78, 5) is 20.0. The number of ether oxygens (including phenoxy) is 3. The standard InChI is InChI=1S/C17H23N3O4S/c1-19(12-15(21)23-3)16(13-4-6-14(22-2)7-5-13)18-17(25)20-8-10-24-11-9-20/h4-7H,8-12H2,1-3H3/b18-16-. The van der Waals surface area contributed by atoms with E-state index in [1.807, 2.05) is 29.2 Å². The fraction of sp³-hybridized carbons (Fsp3) is 0.471. The van der Waals surface area contributed by atoms with Crippen molar-refractivity contribution in [2.45, 2.75) is 0 Å². The van der Waals surface area contributed by atoms with E-state index in [2.05, 4.69) is 4.99 Å². The Morgan fingerprint density at radius 1 is 1.28 bits per heavy atom. The minimum Gasteiger partial charge on any atom is -0.497 e.